The van der Waals surface area contributed by atoms with Crippen LogP contribution in [-0.4, -0.2) is 22.0 Å². The first-order valence-corrected chi connectivity index (χ1v) is 11.2. The largest absolute Gasteiger partial charge is 0.487 e. The highest BCUT2D eigenvalue weighted by atomic mass is 79.9. The number of hydrazone groups is 1. The lowest BCUT2D eigenvalue weighted by Crippen LogP contribution is -2.20. The Balaban J connectivity index is 1.60. The first-order chi connectivity index (χ1) is 16.2. The molecule has 0 heterocycles. The summed E-state index contributed by atoms with van der Waals surface area (Å²) in [4.78, 5) is 32.9. The number of nitro benzene ring substituents is 2. The molecule has 0 radical (unpaired) electrons. The van der Waals surface area contributed by atoms with E-state index in [1.807, 2.05) is 0 Å². The molecule has 0 bridgehead atoms. The molecule has 0 aromatic heterocycles. The average Bonchev–Trinajstić information content (AvgIpc) is 2.79. The summed E-state index contributed by atoms with van der Waals surface area (Å²) in [6, 6.07) is 15.5. The van der Waals surface area contributed by atoms with Gasteiger partial charge in [0.15, 0.2) is 0 Å². The van der Waals surface area contributed by atoms with Gasteiger partial charge in [-0.15, -0.1) is 0 Å². The van der Waals surface area contributed by atoms with Crippen molar-refractivity contribution in [2.75, 3.05) is 0 Å². The number of nitrogens with one attached hydrogen (secondary N) is 1. The fourth-order valence-electron chi connectivity index (χ4n) is 2.89. The maximum Gasteiger partial charge on any atom is 0.273 e. The zero-order valence-electron chi connectivity index (χ0n) is 17.3. The normalized spacial score (nSPS) is 10.8. The molecule has 0 aliphatic carbocycles. The minimum absolute atomic E-state index is 0.00355. The number of carbonyl (C=O) groups is 1. The molecule has 0 fully saturated rings. The van der Waals surface area contributed by atoms with Crippen molar-refractivity contribution < 1.29 is 19.4 Å². The SMILES string of the molecule is O=C(Cc1ccccc1[N+](=O)[O-])N/N=C/c1cc(Br)c(OCc2ccc([N+](=O)[O-])cc2)c(Br)c1. The second-order valence-corrected chi connectivity index (χ2v) is 8.59. The highest BCUT2D eigenvalue weighted by Gasteiger charge is 2.15. The fourth-order valence-corrected chi connectivity index (χ4v) is 4.34. The Bertz CT molecular complexity index is 1240. The fraction of sp³-hybridized carbons (Fsp3) is 0.0909. The third-order valence-electron chi connectivity index (χ3n) is 4.49. The number of non-ortho nitro benzene ring substituents is 1. The monoisotopic (exact) mass is 590 g/mol. The molecule has 10 nitrogen and oxygen atoms in total. The molecular formula is C22H16Br2N4O6. The summed E-state index contributed by atoms with van der Waals surface area (Å²) in [5.41, 5.74) is 3.93. The lowest BCUT2D eigenvalue weighted by Gasteiger charge is -2.11. The third-order valence-corrected chi connectivity index (χ3v) is 5.67. The number of halogens is 2. The number of para-hydroxylation sites is 1. The van der Waals surface area contributed by atoms with Gasteiger partial charge in [0.05, 0.1) is 31.4 Å². The number of hydrogen-bond acceptors (Lipinski definition) is 7. The van der Waals surface area contributed by atoms with Gasteiger partial charge in [-0.2, -0.15) is 5.10 Å². The molecule has 174 valence electrons. The van der Waals surface area contributed by atoms with E-state index in [9.17, 15) is 25.0 Å². The van der Waals surface area contributed by atoms with Gasteiger partial charge in [-0.3, -0.25) is 25.0 Å². The summed E-state index contributed by atoms with van der Waals surface area (Å²) < 4.78 is 7.06. The van der Waals surface area contributed by atoms with Crippen LogP contribution in [0.2, 0.25) is 0 Å². The number of nitro groups is 2. The Morgan fingerprint density at radius 3 is 2.26 bits per heavy atom. The van der Waals surface area contributed by atoms with Gasteiger partial charge in [0.25, 0.3) is 11.4 Å². The summed E-state index contributed by atoms with van der Waals surface area (Å²) in [5.74, 6) is 0.0302. The Morgan fingerprint density at radius 2 is 1.65 bits per heavy atom. The molecule has 0 spiro atoms. The molecule has 3 aromatic rings. The van der Waals surface area contributed by atoms with E-state index in [0.29, 0.717) is 25.8 Å². The van der Waals surface area contributed by atoms with Crippen LogP contribution in [0.25, 0.3) is 0 Å². The number of hydrogen-bond donors (Lipinski definition) is 1. The van der Waals surface area contributed by atoms with Crippen molar-refractivity contribution in [3.63, 3.8) is 0 Å². The predicted molar refractivity (Wildman–Crippen MR) is 132 cm³/mol. The van der Waals surface area contributed by atoms with Crippen molar-refractivity contribution in [1.82, 2.24) is 5.43 Å². The highest BCUT2D eigenvalue weighted by Crippen LogP contribution is 2.35. The second-order valence-electron chi connectivity index (χ2n) is 6.88. The van der Waals surface area contributed by atoms with Gasteiger partial charge < -0.3 is 4.74 Å². The molecule has 34 heavy (non-hydrogen) atoms. The lowest BCUT2D eigenvalue weighted by molar-refractivity contribution is -0.385. The van der Waals surface area contributed by atoms with E-state index in [1.54, 1.807) is 30.3 Å². The average molecular weight is 592 g/mol. The minimum atomic E-state index is -0.536. The summed E-state index contributed by atoms with van der Waals surface area (Å²) in [6.07, 6.45) is 1.24. The van der Waals surface area contributed by atoms with Gasteiger partial charge in [0.1, 0.15) is 12.4 Å². The highest BCUT2D eigenvalue weighted by molar-refractivity contribution is 9.11. The lowest BCUT2D eigenvalue weighted by atomic mass is 10.1. The summed E-state index contributed by atoms with van der Waals surface area (Å²) >= 11 is 6.86. The van der Waals surface area contributed by atoms with Gasteiger partial charge in [-0.05, 0) is 67.3 Å². The van der Waals surface area contributed by atoms with Crippen LogP contribution in [0.3, 0.4) is 0 Å². The van der Waals surface area contributed by atoms with Crippen LogP contribution >= 0.6 is 31.9 Å². The van der Waals surface area contributed by atoms with E-state index in [4.69, 9.17) is 4.74 Å². The van der Waals surface area contributed by atoms with Crippen molar-refractivity contribution in [3.05, 3.63) is 107 Å². The molecule has 1 N–H and O–H groups in total. The van der Waals surface area contributed by atoms with Crippen molar-refractivity contribution in [1.29, 1.82) is 0 Å². The summed E-state index contributed by atoms with van der Waals surface area (Å²) in [5, 5.41) is 25.7. The van der Waals surface area contributed by atoms with Crippen molar-refractivity contribution >= 4 is 55.4 Å². The standard InChI is InChI=1S/C22H16Br2N4O6/c23-18-9-15(12-25-26-21(29)11-16-3-1-2-4-20(16)28(32)33)10-19(24)22(18)34-13-14-5-7-17(8-6-14)27(30)31/h1-10,12H,11,13H2,(H,26,29)/b25-12+. The summed E-state index contributed by atoms with van der Waals surface area (Å²) in [7, 11) is 0. The molecule has 0 saturated heterocycles. The van der Waals surface area contributed by atoms with Crippen molar-refractivity contribution in [2.24, 2.45) is 5.10 Å². The molecular weight excluding hydrogens is 576 g/mol. The number of benzene rings is 3. The van der Waals surface area contributed by atoms with Gasteiger partial charge >= 0.3 is 0 Å². The topological polar surface area (TPSA) is 137 Å². The molecule has 0 aliphatic heterocycles. The molecule has 1 amide bonds. The van der Waals surface area contributed by atoms with Crippen LogP contribution in [0.1, 0.15) is 16.7 Å². The zero-order valence-corrected chi connectivity index (χ0v) is 20.5. The summed E-state index contributed by atoms with van der Waals surface area (Å²) in [6.45, 7) is 0.199. The third kappa shape index (κ3) is 6.68. The number of amides is 1. The van der Waals surface area contributed by atoms with Crippen LogP contribution in [0.4, 0.5) is 11.4 Å². The Kier molecular flexibility index (Phi) is 8.44. The predicted octanol–water partition coefficient (Wildman–Crippen LogP) is 5.30. The van der Waals surface area contributed by atoms with Gasteiger partial charge in [-0.1, -0.05) is 18.2 Å². The second kappa shape index (κ2) is 11.5. The first-order valence-electron chi connectivity index (χ1n) is 9.64. The van der Waals surface area contributed by atoms with E-state index < -0.39 is 15.8 Å². The molecule has 0 aliphatic rings. The van der Waals surface area contributed by atoms with Crippen LogP contribution in [0.15, 0.2) is 74.7 Å². The molecule has 3 rings (SSSR count). The quantitative estimate of drug-likeness (QED) is 0.204. The van der Waals surface area contributed by atoms with E-state index in [-0.39, 0.29) is 24.4 Å². The molecule has 0 unspecified atom stereocenters. The Hall–Kier alpha value is -3.64. The first kappa shape index (κ1) is 25.0. The molecule has 3 aromatic carbocycles. The van der Waals surface area contributed by atoms with Crippen molar-refractivity contribution in [3.8, 4) is 5.75 Å². The van der Waals surface area contributed by atoms with E-state index in [2.05, 4.69) is 42.4 Å². The van der Waals surface area contributed by atoms with Crippen LogP contribution in [0, 0.1) is 20.2 Å². The van der Waals surface area contributed by atoms with Crippen LogP contribution in [-0.2, 0) is 17.8 Å². The maximum atomic E-state index is 12.1. The Morgan fingerprint density at radius 1 is 1.00 bits per heavy atom. The number of nitrogens with zero attached hydrogens (tertiary/aromatic N) is 3. The number of ether oxygens (including phenoxy) is 1. The minimum Gasteiger partial charge on any atom is -0.487 e. The zero-order chi connectivity index (χ0) is 24.7. The van der Waals surface area contributed by atoms with Crippen LogP contribution in [0.5, 0.6) is 5.75 Å². The Labute approximate surface area is 210 Å². The van der Waals surface area contributed by atoms with Gasteiger partial charge in [-0.25, -0.2) is 5.43 Å². The molecule has 0 saturated carbocycles. The smallest absolute Gasteiger partial charge is 0.273 e. The van der Waals surface area contributed by atoms with E-state index in [0.717, 1.165) is 5.56 Å². The molecule has 0 atom stereocenters. The van der Waals surface area contributed by atoms with Crippen molar-refractivity contribution in [2.45, 2.75) is 13.0 Å². The molecule has 12 heteroatoms. The maximum absolute atomic E-state index is 12.1. The van der Waals surface area contributed by atoms with Crippen LogP contribution < -0.4 is 10.2 Å². The van der Waals surface area contributed by atoms with Gasteiger partial charge in [0.2, 0.25) is 5.91 Å². The number of rotatable bonds is 9. The van der Waals surface area contributed by atoms with Gasteiger partial charge in [0, 0.05) is 23.8 Å². The van der Waals surface area contributed by atoms with E-state index in [1.165, 1.54) is 36.5 Å². The van der Waals surface area contributed by atoms with E-state index >= 15 is 0 Å². The number of carbonyl (C=O) groups excluding carboxylic acids is 1.